The van der Waals surface area contributed by atoms with E-state index in [1.165, 1.54) is 0 Å². The summed E-state index contributed by atoms with van der Waals surface area (Å²) in [5.74, 6) is 1.70. The van der Waals surface area contributed by atoms with Crippen LogP contribution in [0.25, 0.3) is 5.69 Å². The van der Waals surface area contributed by atoms with Crippen molar-refractivity contribution < 1.29 is 9.47 Å². The standard InChI is InChI=1S/C15H21N3O2/c1-12-11-13(20-3)5-6-14(12)18-9-8-17-15(18)16-7-4-10-19-2/h5-6,8-9,11H,4,7,10H2,1-3H3,(H,16,17). The van der Waals surface area contributed by atoms with Crippen LogP contribution in [0.1, 0.15) is 12.0 Å². The fourth-order valence-corrected chi connectivity index (χ4v) is 2.07. The molecule has 20 heavy (non-hydrogen) atoms. The van der Waals surface area contributed by atoms with E-state index in [2.05, 4.69) is 17.2 Å². The average Bonchev–Trinajstić information content (AvgIpc) is 2.91. The van der Waals surface area contributed by atoms with Crippen LogP contribution in [0.4, 0.5) is 5.95 Å². The normalized spacial score (nSPS) is 10.6. The van der Waals surface area contributed by atoms with E-state index >= 15 is 0 Å². The topological polar surface area (TPSA) is 48.3 Å². The number of benzene rings is 1. The second-order valence-corrected chi connectivity index (χ2v) is 4.55. The van der Waals surface area contributed by atoms with Crippen LogP contribution in [0.5, 0.6) is 5.75 Å². The van der Waals surface area contributed by atoms with Gasteiger partial charge in [-0.1, -0.05) is 0 Å². The van der Waals surface area contributed by atoms with Crippen LogP contribution >= 0.6 is 0 Å². The van der Waals surface area contributed by atoms with Gasteiger partial charge in [-0.25, -0.2) is 4.98 Å². The minimum Gasteiger partial charge on any atom is -0.497 e. The summed E-state index contributed by atoms with van der Waals surface area (Å²) in [5, 5.41) is 3.32. The summed E-state index contributed by atoms with van der Waals surface area (Å²) in [7, 11) is 3.39. The van der Waals surface area contributed by atoms with E-state index in [4.69, 9.17) is 9.47 Å². The number of ether oxygens (including phenoxy) is 2. The molecule has 1 heterocycles. The third-order valence-corrected chi connectivity index (χ3v) is 3.11. The number of anilines is 1. The third-order valence-electron chi connectivity index (χ3n) is 3.11. The molecule has 0 saturated heterocycles. The molecule has 0 fully saturated rings. The molecule has 1 aromatic heterocycles. The summed E-state index contributed by atoms with van der Waals surface area (Å²) >= 11 is 0. The number of nitrogens with zero attached hydrogens (tertiary/aromatic N) is 2. The minimum atomic E-state index is 0.745. The lowest BCUT2D eigenvalue weighted by Crippen LogP contribution is -2.10. The number of methoxy groups -OCH3 is 2. The molecule has 0 saturated carbocycles. The van der Waals surface area contributed by atoms with E-state index in [1.54, 1.807) is 20.4 Å². The first kappa shape index (κ1) is 14.4. The largest absolute Gasteiger partial charge is 0.497 e. The Hall–Kier alpha value is -2.01. The number of aryl methyl sites for hydroxylation is 1. The Morgan fingerprint density at radius 3 is 2.85 bits per heavy atom. The number of rotatable bonds is 7. The van der Waals surface area contributed by atoms with Gasteiger partial charge in [-0.2, -0.15) is 0 Å². The van der Waals surface area contributed by atoms with E-state index in [0.717, 1.165) is 42.5 Å². The van der Waals surface area contributed by atoms with Crippen LogP contribution in [0.2, 0.25) is 0 Å². The molecule has 5 heteroatoms. The molecule has 108 valence electrons. The highest BCUT2D eigenvalue weighted by molar-refractivity contribution is 5.49. The number of hydrogen-bond acceptors (Lipinski definition) is 4. The van der Waals surface area contributed by atoms with E-state index in [1.807, 2.05) is 29.0 Å². The molecule has 2 rings (SSSR count). The van der Waals surface area contributed by atoms with Crippen molar-refractivity contribution in [3.63, 3.8) is 0 Å². The summed E-state index contributed by atoms with van der Waals surface area (Å²) in [6.45, 7) is 3.64. The van der Waals surface area contributed by atoms with Gasteiger partial charge in [-0.3, -0.25) is 4.57 Å². The number of nitrogens with one attached hydrogen (secondary N) is 1. The highest BCUT2D eigenvalue weighted by atomic mass is 16.5. The predicted molar refractivity (Wildman–Crippen MR) is 79.8 cm³/mol. The monoisotopic (exact) mass is 275 g/mol. The Labute approximate surface area is 119 Å². The fraction of sp³-hybridized carbons (Fsp3) is 0.400. The van der Waals surface area contributed by atoms with E-state index in [9.17, 15) is 0 Å². The van der Waals surface area contributed by atoms with Gasteiger partial charge in [0.25, 0.3) is 0 Å². The van der Waals surface area contributed by atoms with Gasteiger partial charge in [0.05, 0.1) is 12.8 Å². The first-order valence-electron chi connectivity index (χ1n) is 6.67. The highest BCUT2D eigenvalue weighted by Crippen LogP contribution is 2.22. The van der Waals surface area contributed by atoms with Gasteiger partial charge in [0.15, 0.2) is 0 Å². The van der Waals surface area contributed by atoms with Crippen molar-refractivity contribution in [2.75, 3.05) is 32.7 Å². The fourth-order valence-electron chi connectivity index (χ4n) is 2.07. The second kappa shape index (κ2) is 6.96. The van der Waals surface area contributed by atoms with Crippen LogP contribution in [-0.4, -0.2) is 36.9 Å². The molecule has 1 aromatic carbocycles. The molecule has 0 aliphatic heterocycles. The van der Waals surface area contributed by atoms with Gasteiger partial charge in [0.1, 0.15) is 5.75 Å². The van der Waals surface area contributed by atoms with Crippen molar-refractivity contribution in [2.24, 2.45) is 0 Å². The summed E-state index contributed by atoms with van der Waals surface area (Å²) in [6.07, 6.45) is 4.70. The van der Waals surface area contributed by atoms with Crippen molar-refractivity contribution in [2.45, 2.75) is 13.3 Å². The van der Waals surface area contributed by atoms with Gasteiger partial charge in [0, 0.05) is 32.7 Å². The lowest BCUT2D eigenvalue weighted by molar-refractivity contribution is 0.197. The lowest BCUT2D eigenvalue weighted by Gasteiger charge is -2.13. The van der Waals surface area contributed by atoms with Gasteiger partial charge in [-0.15, -0.1) is 0 Å². The molecule has 5 nitrogen and oxygen atoms in total. The summed E-state index contributed by atoms with van der Waals surface area (Å²) in [6, 6.07) is 6.01. The number of imidazole rings is 1. The van der Waals surface area contributed by atoms with Crippen molar-refractivity contribution in [3.8, 4) is 11.4 Å². The van der Waals surface area contributed by atoms with Crippen molar-refractivity contribution in [1.82, 2.24) is 9.55 Å². The maximum Gasteiger partial charge on any atom is 0.207 e. The Morgan fingerprint density at radius 1 is 1.30 bits per heavy atom. The van der Waals surface area contributed by atoms with Crippen molar-refractivity contribution in [1.29, 1.82) is 0 Å². The molecule has 1 N–H and O–H groups in total. The minimum absolute atomic E-state index is 0.745. The quantitative estimate of drug-likeness (QED) is 0.789. The van der Waals surface area contributed by atoms with Crippen LogP contribution < -0.4 is 10.1 Å². The predicted octanol–water partition coefficient (Wildman–Crippen LogP) is 2.64. The van der Waals surface area contributed by atoms with Crippen LogP contribution in [0.15, 0.2) is 30.6 Å². The maximum absolute atomic E-state index is 5.23. The molecule has 0 unspecified atom stereocenters. The number of aromatic nitrogens is 2. The zero-order valence-electron chi connectivity index (χ0n) is 12.2. The zero-order chi connectivity index (χ0) is 14.4. The van der Waals surface area contributed by atoms with Gasteiger partial charge < -0.3 is 14.8 Å². The smallest absolute Gasteiger partial charge is 0.207 e. The maximum atomic E-state index is 5.23. The number of hydrogen-bond donors (Lipinski definition) is 1. The van der Waals surface area contributed by atoms with Crippen LogP contribution in [0.3, 0.4) is 0 Å². The molecule has 0 aliphatic carbocycles. The van der Waals surface area contributed by atoms with E-state index in [0.29, 0.717) is 0 Å². The molecule has 0 aliphatic rings. The van der Waals surface area contributed by atoms with Gasteiger partial charge >= 0.3 is 0 Å². The molecule has 0 spiro atoms. The van der Waals surface area contributed by atoms with Gasteiger partial charge in [-0.05, 0) is 37.1 Å². The summed E-state index contributed by atoms with van der Waals surface area (Å²) < 4.78 is 12.3. The van der Waals surface area contributed by atoms with Crippen molar-refractivity contribution >= 4 is 5.95 Å². The molecular weight excluding hydrogens is 254 g/mol. The van der Waals surface area contributed by atoms with E-state index < -0.39 is 0 Å². The third kappa shape index (κ3) is 3.30. The van der Waals surface area contributed by atoms with Crippen LogP contribution in [-0.2, 0) is 4.74 Å². The Bertz CT molecular complexity index is 552. The lowest BCUT2D eigenvalue weighted by atomic mass is 10.2. The molecule has 2 aromatic rings. The molecule has 0 bridgehead atoms. The average molecular weight is 275 g/mol. The highest BCUT2D eigenvalue weighted by Gasteiger charge is 2.07. The Balaban J connectivity index is 2.15. The van der Waals surface area contributed by atoms with Crippen LogP contribution in [0, 0.1) is 6.92 Å². The molecule has 0 radical (unpaired) electrons. The Kier molecular flexibility index (Phi) is 5.01. The second-order valence-electron chi connectivity index (χ2n) is 4.55. The summed E-state index contributed by atoms with van der Waals surface area (Å²) in [4.78, 5) is 4.35. The Morgan fingerprint density at radius 2 is 2.15 bits per heavy atom. The molecule has 0 amide bonds. The van der Waals surface area contributed by atoms with Crippen molar-refractivity contribution in [3.05, 3.63) is 36.2 Å². The zero-order valence-corrected chi connectivity index (χ0v) is 12.2. The SMILES string of the molecule is COCCCNc1nccn1-c1ccc(OC)cc1C. The molecule has 0 atom stereocenters. The molecular formula is C15H21N3O2. The first-order chi connectivity index (χ1) is 9.76. The van der Waals surface area contributed by atoms with E-state index in [-0.39, 0.29) is 0 Å². The van der Waals surface area contributed by atoms with Gasteiger partial charge in [0.2, 0.25) is 5.95 Å². The summed E-state index contributed by atoms with van der Waals surface area (Å²) in [5.41, 5.74) is 2.24. The first-order valence-corrected chi connectivity index (χ1v) is 6.67.